The van der Waals surface area contributed by atoms with E-state index in [9.17, 15) is 9.59 Å². The third-order valence-corrected chi connectivity index (χ3v) is 3.02. The highest BCUT2D eigenvalue weighted by atomic mass is 16.4. The van der Waals surface area contributed by atoms with Gasteiger partial charge >= 0.3 is 12.9 Å². The van der Waals surface area contributed by atoms with Crippen molar-refractivity contribution < 1.29 is 14.2 Å². The Bertz CT molecular complexity index is 344. The molecule has 1 spiro atoms. The molecule has 2 saturated heterocycles. The summed E-state index contributed by atoms with van der Waals surface area (Å²) in [6, 6.07) is -0.431. The Labute approximate surface area is 87.1 Å². The smallest absolute Gasteiger partial charge is 0.373 e. The Morgan fingerprint density at radius 3 is 2.53 bits per heavy atom. The van der Waals surface area contributed by atoms with Crippen LogP contribution in [0.5, 0.6) is 0 Å². The molecule has 3 amide bonds. The van der Waals surface area contributed by atoms with Gasteiger partial charge in [0.25, 0.3) is 12.2 Å². The van der Waals surface area contributed by atoms with Crippen LogP contribution in [0.15, 0.2) is 0 Å². The molecule has 2 heterocycles. The predicted molar refractivity (Wildman–Crippen MR) is 50.7 cm³/mol. The molecule has 15 heavy (non-hydrogen) atoms. The highest BCUT2D eigenvalue weighted by Crippen LogP contribution is 2.31. The van der Waals surface area contributed by atoms with Crippen molar-refractivity contribution in [2.24, 2.45) is 0 Å². The lowest BCUT2D eigenvalue weighted by Crippen LogP contribution is -2.50. The van der Waals surface area contributed by atoms with Crippen LogP contribution < -0.4 is 10.6 Å². The molecular formula is C8H10BN3O3. The van der Waals surface area contributed by atoms with E-state index in [1.807, 2.05) is 0 Å². The molecule has 0 aromatic heterocycles. The van der Waals surface area contributed by atoms with E-state index in [1.165, 1.54) is 0 Å². The Kier molecular flexibility index (Phi) is 2.27. The largest absolute Gasteiger partial charge is 0.498 e. The van der Waals surface area contributed by atoms with E-state index in [0.717, 1.165) is 0 Å². The zero-order chi connectivity index (χ0) is 10.9. The van der Waals surface area contributed by atoms with Crippen LogP contribution in [0.1, 0.15) is 12.8 Å². The van der Waals surface area contributed by atoms with Gasteiger partial charge < -0.3 is 9.97 Å². The van der Waals surface area contributed by atoms with Gasteiger partial charge in [0.05, 0.1) is 0 Å². The average molecular weight is 207 g/mol. The summed E-state index contributed by atoms with van der Waals surface area (Å²) in [5, 5.41) is 13.2. The number of nitriles is 1. The monoisotopic (exact) mass is 207 g/mol. The standard InChI is InChI=1S/C8H10BN3O3/c10-5-15-9-3-1-8(2-4-9)6(13)11-7(14)12-8/h1-4H2,(H2,11,12,13,14). The first-order valence-electron chi connectivity index (χ1n) is 4.85. The van der Waals surface area contributed by atoms with Gasteiger partial charge in [0.2, 0.25) is 0 Å². The lowest BCUT2D eigenvalue weighted by atomic mass is 9.52. The molecule has 2 rings (SSSR count). The van der Waals surface area contributed by atoms with Gasteiger partial charge in [-0.15, -0.1) is 0 Å². The van der Waals surface area contributed by atoms with Crippen molar-refractivity contribution in [1.29, 1.82) is 5.26 Å². The van der Waals surface area contributed by atoms with E-state index < -0.39 is 11.6 Å². The van der Waals surface area contributed by atoms with Gasteiger partial charge in [-0.05, 0) is 25.5 Å². The maximum atomic E-state index is 11.5. The van der Waals surface area contributed by atoms with E-state index in [1.54, 1.807) is 6.26 Å². The first kappa shape index (κ1) is 9.83. The van der Waals surface area contributed by atoms with Crippen LogP contribution in [0.2, 0.25) is 12.6 Å². The Morgan fingerprint density at radius 2 is 2.07 bits per heavy atom. The lowest BCUT2D eigenvalue weighted by molar-refractivity contribution is -0.124. The van der Waals surface area contributed by atoms with Crippen LogP contribution in [-0.4, -0.2) is 24.4 Å². The second kappa shape index (κ2) is 3.46. The van der Waals surface area contributed by atoms with Gasteiger partial charge in [-0.2, -0.15) is 5.26 Å². The molecule has 6 nitrogen and oxygen atoms in total. The number of urea groups is 1. The zero-order valence-corrected chi connectivity index (χ0v) is 8.08. The number of nitrogens with one attached hydrogen (secondary N) is 2. The Balaban J connectivity index is 2.01. The molecule has 0 aromatic rings. The first-order valence-corrected chi connectivity index (χ1v) is 4.85. The predicted octanol–water partition coefficient (Wildman–Crippen LogP) is -0.152. The van der Waals surface area contributed by atoms with Crippen LogP contribution in [0.4, 0.5) is 4.79 Å². The summed E-state index contributed by atoms with van der Waals surface area (Å²) in [6.45, 7) is -0.120. The lowest BCUT2D eigenvalue weighted by Gasteiger charge is -2.31. The molecule has 0 aromatic carbocycles. The van der Waals surface area contributed by atoms with Gasteiger partial charge in [0.1, 0.15) is 5.54 Å². The fourth-order valence-electron chi connectivity index (χ4n) is 2.16. The molecular weight excluding hydrogens is 197 g/mol. The van der Waals surface area contributed by atoms with E-state index in [-0.39, 0.29) is 12.8 Å². The summed E-state index contributed by atoms with van der Waals surface area (Å²) in [6.07, 6.45) is 3.92. The molecule has 78 valence electrons. The molecule has 2 aliphatic heterocycles. The third kappa shape index (κ3) is 1.63. The van der Waals surface area contributed by atoms with Gasteiger partial charge in [0.15, 0.2) is 0 Å². The average Bonchev–Trinajstić information content (AvgIpc) is 2.47. The molecule has 2 aliphatic rings. The van der Waals surface area contributed by atoms with Gasteiger partial charge in [-0.1, -0.05) is 0 Å². The van der Waals surface area contributed by atoms with Crippen molar-refractivity contribution in [3.63, 3.8) is 0 Å². The Hall–Kier alpha value is -1.71. The molecule has 0 bridgehead atoms. The van der Waals surface area contributed by atoms with Crippen LogP contribution in [0, 0.1) is 11.5 Å². The maximum absolute atomic E-state index is 11.5. The second-order valence-corrected chi connectivity index (χ2v) is 3.90. The minimum Gasteiger partial charge on any atom is -0.498 e. The summed E-state index contributed by atoms with van der Waals surface area (Å²) in [5.74, 6) is -0.261. The van der Waals surface area contributed by atoms with Crippen molar-refractivity contribution in [3.8, 4) is 6.26 Å². The minimum atomic E-state index is -0.758. The highest BCUT2D eigenvalue weighted by Gasteiger charge is 2.49. The summed E-state index contributed by atoms with van der Waals surface area (Å²) in [5.41, 5.74) is -0.758. The van der Waals surface area contributed by atoms with Crippen molar-refractivity contribution in [2.45, 2.75) is 31.0 Å². The molecule has 7 heteroatoms. The molecule has 0 saturated carbocycles. The van der Waals surface area contributed by atoms with Crippen molar-refractivity contribution in [1.82, 2.24) is 10.6 Å². The number of imide groups is 1. The van der Waals surface area contributed by atoms with E-state index >= 15 is 0 Å². The quantitative estimate of drug-likeness (QED) is 0.355. The van der Waals surface area contributed by atoms with Gasteiger partial charge in [-0.3, -0.25) is 10.1 Å². The molecule has 2 fully saturated rings. The van der Waals surface area contributed by atoms with Gasteiger partial charge in [0, 0.05) is 0 Å². The molecule has 2 N–H and O–H groups in total. The molecule has 0 unspecified atom stereocenters. The number of nitrogens with zero attached hydrogens (tertiary/aromatic N) is 1. The first-order chi connectivity index (χ1) is 7.16. The number of hydrogen-bond donors (Lipinski definition) is 2. The van der Waals surface area contributed by atoms with Crippen molar-refractivity contribution >= 4 is 18.9 Å². The number of amides is 3. The zero-order valence-electron chi connectivity index (χ0n) is 8.08. The third-order valence-electron chi connectivity index (χ3n) is 3.02. The Morgan fingerprint density at radius 1 is 1.40 bits per heavy atom. The fourth-order valence-corrected chi connectivity index (χ4v) is 2.16. The van der Waals surface area contributed by atoms with Crippen LogP contribution in [0.25, 0.3) is 0 Å². The summed E-state index contributed by atoms with van der Waals surface area (Å²) >= 11 is 0. The number of carbonyl (C=O) groups is 2. The number of carbonyl (C=O) groups excluding carboxylic acids is 2. The minimum absolute atomic E-state index is 0.120. The molecule has 0 aliphatic carbocycles. The molecule has 0 radical (unpaired) electrons. The normalized spacial score (nSPS) is 23.3. The second-order valence-electron chi connectivity index (χ2n) is 3.90. The van der Waals surface area contributed by atoms with Crippen LogP contribution in [0.3, 0.4) is 0 Å². The number of hydrogen-bond acceptors (Lipinski definition) is 4. The van der Waals surface area contributed by atoms with Crippen molar-refractivity contribution in [2.75, 3.05) is 0 Å². The van der Waals surface area contributed by atoms with Gasteiger partial charge in [-0.25, -0.2) is 4.79 Å². The number of rotatable bonds is 1. The summed E-state index contributed by atoms with van der Waals surface area (Å²) < 4.78 is 4.81. The van der Waals surface area contributed by atoms with Crippen LogP contribution in [-0.2, 0) is 9.45 Å². The summed E-state index contributed by atoms with van der Waals surface area (Å²) in [7, 11) is 0. The van der Waals surface area contributed by atoms with E-state index in [4.69, 9.17) is 9.92 Å². The maximum Gasteiger partial charge on any atom is 0.373 e. The van der Waals surface area contributed by atoms with Crippen molar-refractivity contribution in [3.05, 3.63) is 0 Å². The SMILES string of the molecule is N#COB1CCC2(CC1)NC(=O)NC2=O. The van der Waals surface area contributed by atoms with Crippen LogP contribution >= 0.6 is 0 Å². The van der Waals surface area contributed by atoms with E-state index in [0.29, 0.717) is 25.5 Å². The summed E-state index contributed by atoms with van der Waals surface area (Å²) in [4.78, 5) is 22.5. The highest BCUT2D eigenvalue weighted by molar-refractivity contribution is 6.52. The van der Waals surface area contributed by atoms with E-state index in [2.05, 4.69) is 10.6 Å². The topological polar surface area (TPSA) is 91.2 Å². The molecule has 0 atom stereocenters. The fraction of sp³-hybridized carbons (Fsp3) is 0.625.